The third kappa shape index (κ3) is 2.82. The molecule has 0 bridgehead atoms. The number of hydrogen-bond acceptors (Lipinski definition) is 3. The van der Waals surface area contributed by atoms with Crippen molar-refractivity contribution in [3.63, 3.8) is 0 Å². The Balaban J connectivity index is 2.58. The highest BCUT2D eigenvalue weighted by Gasteiger charge is 2.06. The zero-order valence-corrected chi connectivity index (χ0v) is 8.61. The largest absolute Gasteiger partial charge is 0.384 e. The fourth-order valence-corrected chi connectivity index (χ4v) is 1.89. The Morgan fingerprint density at radius 1 is 1.62 bits per heavy atom. The molecule has 1 aromatic heterocycles. The van der Waals surface area contributed by atoms with Crippen LogP contribution in [0.15, 0.2) is 12.1 Å². The van der Waals surface area contributed by atoms with Crippen molar-refractivity contribution < 1.29 is 9.53 Å². The maximum absolute atomic E-state index is 11.2. The average Bonchev–Trinajstić information content (AvgIpc) is 2.62. The molecule has 0 saturated heterocycles. The van der Waals surface area contributed by atoms with Crippen molar-refractivity contribution in [2.45, 2.75) is 6.42 Å². The number of thiophene rings is 1. The highest BCUT2D eigenvalue weighted by Crippen LogP contribution is 2.16. The van der Waals surface area contributed by atoms with E-state index in [1.165, 1.54) is 16.2 Å². The summed E-state index contributed by atoms with van der Waals surface area (Å²) in [5.41, 5.74) is 0. The number of methoxy groups -OCH3 is 1. The Kier molecular flexibility index (Phi) is 3.92. The molecule has 0 atom stereocenters. The molecule has 1 heterocycles. The second kappa shape index (κ2) is 4.99. The number of carbonyl (C=O) groups is 1. The van der Waals surface area contributed by atoms with Gasteiger partial charge in [0.15, 0.2) is 0 Å². The van der Waals surface area contributed by atoms with Crippen molar-refractivity contribution in [3.8, 4) is 0 Å². The smallest absolute Gasteiger partial charge is 0.261 e. The van der Waals surface area contributed by atoms with Gasteiger partial charge in [0.1, 0.15) is 0 Å². The summed E-state index contributed by atoms with van der Waals surface area (Å²) in [5.74, 6) is -0.0198. The van der Waals surface area contributed by atoms with E-state index in [2.05, 4.69) is 5.32 Å². The van der Waals surface area contributed by atoms with E-state index in [0.717, 1.165) is 11.3 Å². The van der Waals surface area contributed by atoms with Crippen LogP contribution < -0.4 is 5.32 Å². The number of ether oxygens (including phenoxy) is 1. The lowest BCUT2D eigenvalue weighted by atomic mass is 10.3. The molecule has 0 spiro atoms. The highest BCUT2D eigenvalue weighted by molar-refractivity contribution is 7.14. The van der Waals surface area contributed by atoms with Crippen molar-refractivity contribution in [3.05, 3.63) is 21.9 Å². The Hall–Kier alpha value is -0.870. The van der Waals surface area contributed by atoms with Crippen LogP contribution >= 0.6 is 11.3 Å². The SMILES string of the molecule is CNC(=O)c1ccc(CCOC)s1. The second-order valence-electron chi connectivity index (χ2n) is 2.59. The van der Waals surface area contributed by atoms with E-state index in [-0.39, 0.29) is 5.91 Å². The number of hydrogen-bond donors (Lipinski definition) is 1. The molecule has 0 radical (unpaired) electrons. The van der Waals surface area contributed by atoms with Crippen LogP contribution in [-0.2, 0) is 11.2 Å². The Bertz CT molecular complexity index is 283. The molecule has 1 N–H and O–H groups in total. The normalized spacial score (nSPS) is 10.0. The summed E-state index contributed by atoms with van der Waals surface area (Å²) in [6.07, 6.45) is 0.873. The van der Waals surface area contributed by atoms with Crippen LogP contribution in [0.1, 0.15) is 14.5 Å². The molecule has 0 aliphatic heterocycles. The minimum atomic E-state index is -0.0198. The number of carbonyl (C=O) groups excluding carboxylic acids is 1. The standard InChI is InChI=1S/C9H13NO2S/c1-10-9(11)8-4-3-7(13-8)5-6-12-2/h3-4H,5-6H2,1-2H3,(H,10,11). The first-order valence-electron chi connectivity index (χ1n) is 4.07. The van der Waals surface area contributed by atoms with Gasteiger partial charge < -0.3 is 10.1 Å². The van der Waals surface area contributed by atoms with Gasteiger partial charge in [-0.15, -0.1) is 11.3 Å². The number of rotatable bonds is 4. The Labute approximate surface area is 81.7 Å². The fourth-order valence-electron chi connectivity index (χ4n) is 0.960. The molecule has 0 fully saturated rings. The van der Waals surface area contributed by atoms with E-state index in [0.29, 0.717) is 6.61 Å². The quantitative estimate of drug-likeness (QED) is 0.793. The summed E-state index contributed by atoms with van der Waals surface area (Å²) in [6, 6.07) is 3.81. The lowest BCUT2D eigenvalue weighted by Crippen LogP contribution is -2.15. The second-order valence-corrected chi connectivity index (χ2v) is 3.76. The molecule has 0 aromatic carbocycles. The third-order valence-electron chi connectivity index (χ3n) is 1.67. The van der Waals surface area contributed by atoms with Gasteiger partial charge in [0, 0.05) is 25.5 Å². The molecular formula is C9H13NO2S. The lowest BCUT2D eigenvalue weighted by Gasteiger charge is -1.94. The van der Waals surface area contributed by atoms with Gasteiger partial charge in [0.2, 0.25) is 0 Å². The molecule has 72 valence electrons. The topological polar surface area (TPSA) is 38.3 Å². The van der Waals surface area contributed by atoms with Crippen molar-refractivity contribution in [2.75, 3.05) is 20.8 Å². The predicted molar refractivity (Wildman–Crippen MR) is 53.3 cm³/mol. The number of amides is 1. The first-order valence-corrected chi connectivity index (χ1v) is 4.89. The maximum atomic E-state index is 11.2. The molecule has 13 heavy (non-hydrogen) atoms. The summed E-state index contributed by atoms with van der Waals surface area (Å²) in [5, 5.41) is 2.59. The van der Waals surface area contributed by atoms with Gasteiger partial charge in [-0.05, 0) is 12.1 Å². The summed E-state index contributed by atoms with van der Waals surface area (Å²) >= 11 is 1.51. The molecule has 3 nitrogen and oxygen atoms in total. The minimum absolute atomic E-state index is 0.0198. The van der Waals surface area contributed by atoms with E-state index in [4.69, 9.17) is 4.74 Å². The number of nitrogens with one attached hydrogen (secondary N) is 1. The van der Waals surface area contributed by atoms with Crippen LogP contribution in [0.25, 0.3) is 0 Å². The van der Waals surface area contributed by atoms with Gasteiger partial charge in [0.25, 0.3) is 5.91 Å². The lowest BCUT2D eigenvalue weighted by molar-refractivity contribution is 0.0967. The third-order valence-corrected chi connectivity index (χ3v) is 2.81. The maximum Gasteiger partial charge on any atom is 0.261 e. The van der Waals surface area contributed by atoms with Crippen LogP contribution in [0, 0.1) is 0 Å². The van der Waals surface area contributed by atoms with Gasteiger partial charge >= 0.3 is 0 Å². The summed E-state index contributed by atoms with van der Waals surface area (Å²) in [7, 11) is 3.31. The van der Waals surface area contributed by atoms with E-state index in [9.17, 15) is 4.79 Å². The molecule has 1 rings (SSSR count). The fraction of sp³-hybridized carbons (Fsp3) is 0.444. The van der Waals surface area contributed by atoms with Crippen molar-refractivity contribution in [1.29, 1.82) is 0 Å². The first kappa shape index (κ1) is 10.2. The van der Waals surface area contributed by atoms with Gasteiger partial charge in [-0.3, -0.25) is 4.79 Å². The highest BCUT2D eigenvalue weighted by atomic mass is 32.1. The zero-order chi connectivity index (χ0) is 9.68. The molecule has 0 saturated carbocycles. The van der Waals surface area contributed by atoms with Gasteiger partial charge in [-0.25, -0.2) is 0 Å². The first-order chi connectivity index (χ1) is 6.27. The predicted octanol–water partition coefficient (Wildman–Crippen LogP) is 1.30. The molecule has 4 heteroatoms. The summed E-state index contributed by atoms with van der Waals surface area (Å²) in [6.45, 7) is 0.702. The van der Waals surface area contributed by atoms with Crippen LogP contribution in [0.2, 0.25) is 0 Å². The van der Waals surface area contributed by atoms with E-state index in [1.54, 1.807) is 14.2 Å². The van der Waals surface area contributed by atoms with Crippen LogP contribution in [0.5, 0.6) is 0 Å². The van der Waals surface area contributed by atoms with Crippen LogP contribution in [0.3, 0.4) is 0 Å². The zero-order valence-electron chi connectivity index (χ0n) is 7.79. The monoisotopic (exact) mass is 199 g/mol. The molecule has 0 aliphatic carbocycles. The summed E-state index contributed by atoms with van der Waals surface area (Å²) in [4.78, 5) is 13.1. The van der Waals surface area contributed by atoms with E-state index < -0.39 is 0 Å². The molecule has 1 aromatic rings. The average molecular weight is 199 g/mol. The minimum Gasteiger partial charge on any atom is -0.384 e. The van der Waals surface area contributed by atoms with Gasteiger partial charge in [-0.2, -0.15) is 0 Å². The Morgan fingerprint density at radius 2 is 2.38 bits per heavy atom. The van der Waals surface area contributed by atoms with Crippen molar-refractivity contribution in [2.24, 2.45) is 0 Å². The molecular weight excluding hydrogens is 186 g/mol. The van der Waals surface area contributed by atoms with Gasteiger partial charge in [-0.1, -0.05) is 0 Å². The van der Waals surface area contributed by atoms with E-state index in [1.807, 2.05) is 12.1 Å². The van der Waals surface area contributed by atoms with Crippen LogP contribution in [-0.4, -0.2) is 26.7 Å². The van der Waals surface area contributed by atoms with Crippen LogP contribution in [0.4, 0.5) is 0 Å². The summed E-state index contributed by atoms with van der Waals surface area (Å²) < 4.78 is 4.95. The molecule has 0 unspecified atom stereocenters. The van der Waals surface area contributed by atoms with E-state index >= 15 is 0 Å². The van der Waals surface area contributed by atoms with Crippen molar-refractivity contribution >= 4 is 17.2 Å². The Morgan fingerprint density at radius 3 is 3.00 bits per heavy atom. The molecule has 1 amide bonds. The van der Waals surface area contributed by atoms with Crippen molar-refractivity contribution in [1.82, 2.24) is 5.32 Å². The molecule has 0 aliphatic rings. The van der Waals surface area contributed by atoms with Gasteiger partial charge in [0.05, 0.1) is 11.5 Å².